The molecular weight excluding hydrogens is 228 g/mol. The van der Waals surface area contributed by atoms with Gasteiger partial charge >= 0.3 is 0 Å². The molecule has 17 heavy (non-hydrogen) atoms. The third-order valence-electron chi connectivity index (χ3n) is 3.40. The van der Waals surface area contributed by atoms with Crippen molar-refractivity contribution in [2.24, 2.45) is 0 Å². The lowest BCUT2D eigenvalue weighted by Gasteiger charge is -2.21. The van der Waals surface area contributed by atoms with Crippen molar-refractivity contribution in [1.82, 2.24) is 4.98 Å². The van der Waals surface area contributed by atoms with Crippen molar-refractivity contribution in [3.8, 4) is 0 Å². The monoisotopic (exact) mass is 244 g/mol. The SMILES string of the molecule is CNc1nc(C2C=CC3=C(C=CCC3)C2)cs1. The molecule has 88 valence electrons. The molecule has 2 nitrogen and oxygen atoms in total. The minimum Gasteiger partial charge on any atom is -0.365 e. The maximum Gasteiger partial charge on any atom is 0.182 e. The van der Waals surface area contributed by atoms with Crippen LogP contribution in [-0.2, 0) is 0 Å². The van der Waals surface area contributed by atoms with E-state index in [-0.39, 0.29) is 0 Å². The Morgan fingerprint density at radius 3 is 3.12 bits per heavy atom. The Kier molecular flexibility index (Phi) is 2.85. The topological polar surface area (TPSA) is 24.9 Å². The van der Waals surface area contributed by atoms with Crippen molar-refractivity contribution in [3.05, 3.63) is 46.5 Å². The highest BCUT2D eigenvalue weighted by molar-refractivity contribution is 7.13. The first-order chi connectivity index (χ1) is 8.36. The van der Waals surface area contributed by atoms with Crippen LogP contribution in [-0.4, -0.2) is 12.0 Å². The number of rotatable bonds is 2. The average Bonchev–Trinajstić information content (AvgIpc) is 2.87. The van der Waals surface area contributed by atoms with E-state index in [1.54, 1.807) is 11.3 Å². The molecule has 3 heteroatoms. The van der Waals surface area contributed by atoms with Gasteiger partial charge < -0.3 is 5.32 Å². The highest BCUT2D eigenvalue weighted by Crippen LogP contribution is 2.36. The molecule has 0 fully saturated rings. The fourth-order valence-corrected chi connectivity index (χ4v) is 3.17. The first-order valence-corrected chi connectivity index (χ1v) is 6.94. The summed E-state index contributed by atoms with van der Waals surface area (Å²) in [4.78, 5) is 4.60. The summed E-state index contributed by atoms with van der Waals surface area (Å²) in [7, 11) is 1.92. The lowest BCUT2D eigenvalue weighted by molar-refractivity contribution is 0.773. The van der Waals surface area contributed by atoms with E-state index in [1.807, 2.05) is 7.05 Å². The van der Waals surface area contributed by atoms with Gasteiger partial charge in [0.15, 0.2) is 5.13 Å². The van der Waals surface area contributed by atoms with Crippen LogP contribution in [0.25, 0.3) is 0 Å². The van der Waals surface area contributed by atoms with Gasteiger partial charge in [0.2, 0.25) is 0 Å². The van der Waals surface area contributed by atoms with E-state index >= 15 is 0 Å². The molecule has 0 aliphatic heterocycles. The van der Waals surface area contributed by atoms with Crippen LogP contribution in [0.4, 0.5) is 5.13 Å². The van der Waals surface area contributed by atoms with E-state index in [1.165, 1.54) is 29.7 Å². The first-order valence-electron chi connectivity index (χ1n) is 6.07. The zero-order chi connectivity index (χ0) is 11.7. The zero-order valence-electron chi connectivity index (χ0n) is 9.94. The second kappa shape index (κ2) is 4.49. The van der Waals surface area contributed by atoms with Crippen molar-refractivity contribution in [2.45, 2.75) is 25.2 Å². The molecule has 1 unspecified atom stereocenters. The molecule has 2 aliphatic rings. The van der Waals surface area contributed by atoms with Crippen molar-refractivity contribution >= 4 is 16.5 Å². The second-order valence-corrected chi connectivity index (χ2v) is 5.35. The molecule has 0 saturated carbocycles. The Morgan fingerprint density at radius 2 is 2.29 bits per heavy atom. The van der Waals surface area contributed by atoms with Crippen LogP contribution >= 0.6 is 11.3 Å². The van der Waals surface area contributed by atoms with E-state index in [4.69, 9.17) is 0 Å². The standard InChI is InChI=1S/C14H16N2S/c1-15-14-16-13(9-17-14)12-7-6-10-4-2-3-5-11(10)8-12/h3,5-7,9,12H,2,4,8H2,1H3,(H,15,16). The molecule has 0 aromatic carbocycles. The normalized spacial score (nSPS) is 22.8. The van der Waals surface area contributed by atoms with E-state index in [0.29, 0.717) is 5.92 Å². The van der Waals surface area contributed by atoms with Crippen LogP contribution in [0, 0.1) is 0 Å². The summed E-state index contributed by atoms with van der Waals surface area (Å²) < 4.78 is 0. The molecule has 1 atom stereocenters. The molecule has 0 spiro atoms. The van der Waals surface area contributed by atoms with Gasteiger partial charge in [0.1, 0.15) is 0 Å². The van der Waals surface area contributed by atoms with Gasteiger partial charge in [0.25, 0.3) is 0 Å². The molecule has 0 radical (unpaired) electrons. The maximum absolute atomic E-state index is 4.60. The molecular formula is C14H16N2S. The first kappa shape index (κ1) is 10.8. The smallest absolute Gasteiger partial charge is 0.182 e. The second-order valence-electron chi connectivity index (χ2n) is 4.49. The van der Waals surface area contributed by atoms with Crippen LogP contribution in [0.3, 0.4) is 0 Å². The number of aromatic nitrogens is 1. The summed E-state index contributed by atoms with van der Waals surface area (Å²) in [5.41, 5.74) is 4.22. The van der Waals surface area contributed by atoms with Crippen LogP contribution in [0.2, 0.25) is 0 Å². The zero-order valence-corrected chi connectivity index (χ0v) is 10.8. The molecule has 1 heterocycles. The summed E-state index contributed by atoms with van der Waals surface area (Å²) in [5, 5.41) is 6.27. The van der Waals surface area contributed by atoms with Crippen LogP contribution in [0.5, 0.6) is 0 Å². The largest absolute Gasteiger partial charge is 0.365 e. The lowest BCUT2D eigenvalue weighted by Crippen LogP contribution is -2.05. The highest BCUT2D eigenvalue weighted by atomic mass is 32.1. The van der Waals surface area contributed by atoms with Gasteiger partial charge in [-0.1, -0.05) is 24.3 Å². The Labute approximate surface area is 106 Å². The van der Waals surface area contributed by atoms with E-state index < -0.39 is 0 Å². The van der Waals surface area contributed by atoms with Gasteiger partial charge in [0.05, 0.1) is 5.69 Å². The van der Waals surface area contributed by atoms with Crippen molar-refractivity contribution in [1.29, 1.82) is 0 Å². The summed E-state index contributed by atoms with van der Waals surface area (Å²) >= 11 is 1.68. The summed E-state index contributed by atoms with van der Waals surface area (Å²) in [6, 6.07) is 0. The fraction of sp³-hybridized carbons (Fsp3) is 0.357. The van der Waals surface area contributed by atoms with Gasteiger partial charge in [-0.15, -0.1) is 11.3 Å². The van der Waals surface area contributed by atoms with Gasteiger partial charge in [-0.05, 0) is 30.4 Å². The van der Waals surface area contributed by atoms with E-state index in [0.717, 1.165) is 11.6 Å². The molecule has 0 bridgehead atoms. The fourth-order valence-electron chi connectivity index (χ4n) is 2.43. The molecule has 0 saturated heterocycles. The van der Waals surface area contributed by atoms with Gasteiger partial charge in [-0.25, -0.2) is 4.98 Å². The van der Waals surface area contributed by atoms with Crippen molar-refractivity contribution < 1.29 is 0 Å². The highest BCUT2D eigenvalue weighted by Gasteiger charge is 2.19. The number of thiazole rings is 1. The van der Waals surface area contributed by atoms with Gasteiger partial charge in [-0.2, -0.15) is 0 Å². The number of allylic oxidation sites excluding steroid dienone is 6. The number of hydrogen-bond acceptors (Lipinski definition) is 3. The minimum atomic E-state index is 0.454. The molecule has 1 aromatic rings. The molecule has 0 amide bonds. The minimum absolute atomic E-state index is 0.454. The summed E-state index contributed by atoms with van der Waals surface area (Å²) in [6.45, 7) is 0. The van der Waals surface area contributed by atoms with E-state index in [2.05, 4.69) is 40.0 Å². The quantitative estimate of drug-likeness (QED) is 0.854. The molecule has 1 N–H and O–H groups in total. The number of nitrogens with zero attached hydrogens (tertiary/aromatic N) is 1. The van der Waals surface area contributed by atoms with Crippen molar-refractivity contribution in [3.63, 3.8) is 0 Å². The van der Waals surface area contributed by atoms with Gasteiger partial charge in [0, 0.05) is 18.3 Å². The van der Waals surface area contributed by atoms with Crippen molar-refractivity contribution in [2.75, 3.05) is 12.4 Å². The Balaban J connectivity index is 1.82. The van der Waals surface area contributed by atoms with Crippen LogP contribution in [0.15, 0.2) is 40.8 Å². The Morgan fingerprint density at radius 1 is 1.35 bits per heavy atom. The van der Waals surface area contributed by atoms with Crippen LogP contribution in [0.1, 0.15) is 30.9 Å². The number of hydrogen-bond donors (Lipinski definition) is 1. The predicted molar refractivity (Wildman–Crippen MR) is 73.6 cm³/mol. The average molecular weight is 244 g/mol. The van der Waals surface area contributed by atoms with Crippen LogP contribution < -0.4 is 5.32 Å². The van der Waals surface area contributed by atoms with Gasteiger partial charge in [-0.3, -0.25) is 0 Å². The number of anilines is 1. The third kappa shape index (κ3) is 2.07. The number of nitrogens with one attached hydrogen (secondary N) is 1. The summed E-state index contributed by atoms with van der Waals surface area (Å²) in [6.07, 6.45) is 12.7. The third-order valence-corrected chi connectivity index (χ3v) is 4.28. The Hall–Kier alpha value is -1.35. The summed E-state index contributed by atoms with van der Waals surface area (Å²) in [5.74, 6) is 0.454. The lowest BCUT2D eigenvalue weighted by atomic mass is 9.84. The molecule has 1 aromatic heterocycles. The molecule has 2 aliphatic carbocycles. The van der Waals surface area contributed by atoms with E-state index in [9.17, 15) is 0 Å². The predicted octanol–water partition coefficient (Wildman–Crippen LogP) is 3.87. The molecule has 3 rings (SSSR count). The maximum atomic E-state index is 4.60. The Bertz CT molecular complexity index is 508.